The van der Waals surface area contributed by atoms with Gasteiger partial charge in [0.1, 0.15) is 5.52 Å². The molecule has 0 aliphatic rings. The van der Waals surface area contributed by atoms with Crippen molar-refractivity contribution >= 4 is 16.8 Å². The molecular weight excluding hydrogens is 238 g/mol. The number of carbonyl (C=O) groups excluding carboxylic acids is 1. The molecule has 2 aromatic rings. The first-order valence-electron chi connectivity index (χ1n) is 6.80. The standard InChI is InChI=1S/C15H21N3O/c1-6-9(2)13-8-18(11(4)12(5)19)14-7-10(3)16-17-15(13)14/h7-9,11H,6H2,1-5H3/t9?,11-/m0/s1. The van der Waals surface area contributed by atoms with Crippen LogP contribution in [-0.2, 0) is 4.79 Å². The van der Waals surface area contributed by atoms with Crippen LogP contribution in [0.5, 0.6) is 0 Å². The summed E-state index contributed by atoms with van der Waals surface area (Å²) in [6, 6.07) is 1.84. The second-order valence-electron chi connectivity index (χ2n) is 5.31. The van der Waals surface area contributed by atoms with Gasteiger partial charge >= 0.3 is 0 Å². The molecule has 2 aromatic heterocycles. The summed E-state index contributed by atoms with van der Waals surface area (Å²) >= 11 is 0. The fourth-order valence-electron chi connectivity index (χ4n) is 2.25. The predicted molar refractivity (Wildman–Crippen MR) is 76.4 cm³/mol. The van der Waals surface area contributed by atoms with E-state index in [1.54, 1.807) is 6.92 Å². The van der Waals surface area contributed by atoms with E-state index in [4.69, 9.17) is 0 Å². The van der Waals surface area contributed by atoms with Crippen molar-refractivity contribution in [2.75, 3.05) is 0 Å². The number of hydrogen-bond donors (Lipinski definition) is 0. The minimum absolute atomic E-state index is 0.155. The largest absolute Gasteiger partial charge is 0.336 e. The van der Waals surface area contributed by atoms with Crippen LogP contribution in [0.4, 0.5) is 0 Å². The van der Waals surface area contributed by atoms with Crippen LogP contribution in [0.15, 0.2) is 12.3 Å². The molecule has 0 aliphatic carbocycles. The van der Waals surface area contributed by atoms with Gasteiger partial charge in [-0.2, -0.15) is 5.10 Å². The molecule has 0 radical (unpaired) electrons. The Morgan fingerprint density at radius 2 is 2.05 bits per heavy atom. The van der Waals surface area contributed by atoms with E-state index in [0.29, 0.717) is 5.92 Å². The summed E-state index contributed by atoms with van der Waals surface area (Å²) in [6.45, 7) is 9.81. The highest BCUT2D eigenvalue weighted by atomic mass is 16.1. The summed E-state index contributed by atoms with van der Waals surface area (Å²) < 4.78 is 2.03. The molecule has 2 atom stereocenters. The van der Waals surface area contributed by atoms with E-state index >= 15 is 0 Å². The predicted octanol–water partition coefficient (Wildman–Crippen LogP) is 3.40. The average Bonchev–Trinajstić information content (AvgIpc) is 2.75. The van der Waals surface area contributed by atoms with Crippen molar-refractivity contribution in [1.82, 2.24) is 14.8 Å². The maximum absolute atomic E-state index is 11.7. The van der Waals surface area contributed by atoms with Crippen LogP contribution in [0, 0.1) is 6.92 Å². The number of hydrogen-bond acceptors (Lipinski definition) is 3. The molecule has 1 unspecified atom stereocenters. The summed E-state index contributed by atoms with van der Waals surface area (Å²) in [7, 11) is 0. The maximum atomic E-state index is 11.7. The number of aromatic nitrogens is 3. The second-order valence-corrected chi connectivity index (χ2v) is 5.31. The Bertz CT molecular complexity index is 615. The lowest BCUT2D eigenvalue weighted by Crippen LogP contribution is -2.12. The van der Waals surface area contributed by atoms with Crippen molar-refractivity contribution < 1.29 is 4.79 Å². The molecular formula is C15H21N3O. The van der Waals surface area contributed by atoms with Crippen LogP contribution in [0.3, 0.4) is 0 Å². The number of ketones is 1. The molecule has 2 heterocycles. The maximum Gasteiger partial charge on any atom is 0.152 e. The zero-order chi connectivity index (χ0) is 14.2. The zero-order valence-corrected chi connectivity index (χ0v) is 12.3. The Labute approximate surface area is 113 Å². The fraction of sp³-hybridized carbons (Fsp3) is 0.533. The van der Waals surface area contributed by atoms with Gasteiger partial charge < -0.3 is 4.57 Å². The van der Waals surface area contributed by atoms with Gasteiger partial charge in [0.15, 0.2) is 5.78 Å². The number of aryl methyl sites for hydroxylation is 1. The van der Waals surface area contributed by atoms with Crippen LogP contribution in [0.25, 0.3) is 11.0 Å². The number of rotatable bonds is 4. The molecule has 0 bridgehead atoms. The van der Waals surface area contributed by atoms with Gasteiger partial charge in [0, 0.05) is 11.8 Å². The van der Waals surface area contributed by atoms with Gasteiger partial charge in [0.25, 0.3) is 0 Å². The lowest BCUT2D eigenvalue weighted by molar-refractivity contribution is -0.119. The molecule has 19 heavy (non-hydrogen) atoms. The first-order chi connectivity index (χ1) is 8.95. The van der Waals surface area contributed by atoms with Gasteiger partial charge in [0.05, 0.1) is 17.3 Å². The van der Waals surface area contributed by atoms with E-state index in [0.717, 1.165) is 23.1 Å². The highest BCUT2D eigenvalue weighted by Gasteiger charge is 2.19. The van der Waals surface area contributed by atoms with Gasteiger partial charge in [0.2, 0.25) is 0 Å². The topological polar surface area (TPSA) is 47.8 Å². The van der Waals surface area contributed by atoms with Crippen LogP contribution in [0.1, 0.15) is 57.3 Å². The Balaban J connectivity index is 2.70. The van der Waals surface area contributed by atoms with E-state index in [1.807, 2.05) is 24.5 Å². The molecule has 0 aliphatic heterocycles. The van der Waals surface area contributed by atoms with E-state index in [1.165, 1.54) is 5.56 Å². The van der Waals surface area contributed by atoms with Crippen molar-refractivity contribution in [2.45, 2.75) is 53.0 Å². The molecule has 0 saturated carbocycles. The Hall–Kier alpha value is -1.71. The van der Waals surface area contributed by atoms with E-state index in [9.17, 15) is 4.79 Å². The number of carbonyl (C=O) groups is 1. The number of fused-ring (bicyclic) bond motifs is 1. The molecule has 0 fully saturated rings. The van der Waals surface area contributed by atoms with Gasteiger partial charge in [-0.05, 0) is 39.2 Å². The summed E-state index contributed by atoms with van der Waals surface area (Å²) in [4.78, 5) is 11.7. The second kappa shape index (κ2) is 5.11. The fourth-order valence-corrected chi connectivity index (χ4v) is 2.25. The Kier molecular flexibility index (Phi) is 3.69. The third-order valence-electron chi connectivity index (χ3n) is 3.87. The van der Waals surface area contributed by atoms with Gasteiger partial charge in [-0.15, -0.1) is 5.10 Å². The van der Waals surface area contributed by atoms with Crippen molar-refractivity contribution in [3.05, 3.63) is 23.5 Å². The van der Waals surface area contributed by atoms with E-state index in [2.05, 4.69) is 30.2 Å². The zero-order valence-electron chi connectivity index (χ0n) is 12.3. The van der Waals surface area contributed by atoms with Crippen LogP contribution < -0.4 is 0 Å². The average molecular weight is 259 g/mol. The first kappa shape index (κ1) is 13.7. The number of Topliss-reactive ketones (excluding diaryl/α,β-unsaturated/α-hetero) is 1. The minimum atomic E-state index is -0.163. The third kappa shape index (κ3) is 2.39. The highest BCUT2D eigenvalue weighted by molar-refractivity contribution is 5.85. The van der Waals surface area contributed by atoms with Gasteiger partial charge in [-0.1, -0.05) is 13.8 Å². The summed E-state index contributed by atoms with van der Waals surface area (Å²) in [5.41, 5.74) is 3.98. The normalized spacial score (nSPS) is 14.6. The lowest BCUT2D eigenvalue weighted by atomic mass is 10.0. The molecule has 0 N–H and O–H groups in total. The summed E-state index contributed by atoms with van der Waals surface area (Å²) in [5, 5.41) is 8.48. The molecule has 0 spiro atoms. The van der Waals surface area contributed by atoms with Crippen molar-refractivity contribution in [2.24, 2.45) is 0 Å². The molecule has 2 rings (SSSR count). The quantitative estimate of drug-likeness (QED) is 0.845. The highest BCUT2D eigenvalue weighted by Crippen LogP contribution is 2.30. The molecule has 0 aromatic carbocycles. The van der Waals surface area contributed by atoms with E-state index < -0.39 is 0 Å². The van der Waals surface area contributed by atoms with Crippen molar-refractivity contribution in [3.63, 3.8) is 0 Å². The Morgan fingerprint density at radius 1 is 1.37 bits per heavy atom. The van der Waals surface area contributed by atoms with Gasteiger partial charge in [-0.3, -0.25) is 4.79 Å². The van der Waals surface area contributed by atoms with Gasteiger partial charge in [-0.25, -0.2) is 0 Å². The summed E-state index contributed by atoms with van der Waals surface area (Å²) in [6.07, 6.45) is 3.11. The van der Waals surface area contributed by atoms with Crippen molar-refractivity contribution in [3.8, 4) is 0 Å². The van der Waals surface area contributed by atoms with Crippen LogP contribution in [0.2, 0.25) is 0 Å². The molecule has 0 amide bonds. The SMILES string of the molecule is CCC(C)c1cn([C@@H](C)C(C)=O)c2cc(C)nnc12. The number of nitrogens with zero attached hydrogens (tertiary/aromatic N) is 3. The third-order valence-corrected chi connectivity index (χ3v) is 3.87. The van der Waals surface area contributed by atoms with Crippen LogP contribution in [-0.4, -0.2) is 20.5 Å². The molecule has 4 heteroatoms. The van der Waals surface area contributed by atoms with Crippen LogP contribution >= 0.6 is 0 Å². The summed E-state index contributed by atoms with van der Waals surface area (Å²) in [5.74, 6) is 0.571. The monoisotopic (exact) mass is 259 g/mol. The Morgan fingerprint density at radius 3 is 2.63 bits per heavy atom. The lowest BCUT2D eigenvalue weighted by Gasteiger charge is -2.11. The first-order valence-corrected chi connectivity index (χ1v) is 6.80. The molecule has 4 nitrogen and oxygen atoms in total. The van der Waals surface area contributed by atoms with Crippen molar-refractivity contribution in [1.29, 1.82) is 0 Å². The minimum Gasteiger partial charge on any atom is -0.336 e. The van der Waals surface area contributed by atoms with E-state index in [-0.39, 0.29) is 11.8 Å². The smallest absolute Gasteiger partial charge is 0.152 e. The molecule has 0 saturated heterocycles. The molecule has 102 valence electrons.